The number of nitrogen functional groups attached to an aromatic ring is 2. The van der Waals surface area contributed by atoms with E-state index >= 15 is 0 Å². The Hall–Kier alpha value is -1.07. The lowest BCUT2D eigenvalue weighted by atomic mass is 10.5. The van der Waals surface area contributed by atoms with Crippen molar-refractivity contribution in [2.24, 2.45) is 5.84 Å². The van der Waals surface area contributed by atoms with Gasteiger partial charge in [-0.3, -0.25) is 0 Å². The maximum absolute atomic E-state index is 5.62. The molecular formula is C4H6ClN5. The summed E-state index contributed by atoms with van der Waals surface area (Å²) in [6.07, 6.45) is 1.35. The molecule has 1 aromatic rings. The number of hydrazine groups is 1. The predicted molar refractivity (Wildman–Crippen MR) is 39.3 cm³/mol. The first-order chi connectivity index (χ1) is 4.75. The van der Waals surface area contributed by atoms with Gasteiger partial charge in [-0.2, -0.15) is 5.10 Å². The van der Waals surface area contributed by atoms with Crippen molar-refractivity contribution >= 4 is 23.1 Å². The van der Waals surface area contributed by atoms with Crippen molar-refractivity contribution in [3.8, 4) is 0 Å². The number of hydrogen-bond donors (Lipinski definition) is 3. The average molecular weight is 160 g/mol. The van der Waals surface area contributed by atoms with Crippen LogP contribution in [-0.4, -0.2) is 10.2 Å². The summed E-state index contributed by atoms with van der Waals surface area (Å²) in [6.45, 7) is 0. The summed E-state index contributed by atoms with van der Waals surface area (Å²) in [5, 5.41) is 7.36. The average Bonchev–Trinajstić information content (AvgIpc) is 1.95. The Morgan fingerprint density at radius 2 is 2.30 bits per heavy atom. The zero-order valence-electron chi connectivity index (χ0n) is 5.00. The molecule has 54 valence electrons. The number of nitrogens with one attached hydrogen (secondary N) is 1. The van der Waals surface area contributed by atoms with E-state index in [9.17, 15) is 0 Å². The number of hydrogen-bond acceptors (Lipinski definition) is 5. The first kappa shape index (κ1) is 7.04. The zero-order chi connectivity index (χ0) is 7.56. The molecule has 1 aromatic heterocycles. The van der Waals surface area contributed by atoms with Gasteiger partial charge in [0.15, 0.2) is 5.82 Å². The summed E-state index contributed by atoms with van der Waals surface area (Å²) < 4.78 is 0. The largest absolute Gasteiger partial charge is 0.396 e. The highest BCUT2D eigenvalue weighted by Gasteiger charge is 2.02. The Balaban J connectivity index is 3.14. The van der Waals surface area contributed by atoms with Gasteiger partial charge in [-0.15, -0.1) is 5.10 Å². The lowest BCUT2D eigenvalue weighted by Crippen LogP contribution is -2.10. The van der Waals surface area contributed by atoms with Crippen LogP contribution in [0.5, 0.6) is 0 Å². The molecule has 0 amide bonds. The molecule has 0 atom stereocenters. The van der Waals surface area contributed by atoms with Crippen molar-refractivity contribution < 1.29 is 0 Å². The summed E-state index contributed by atoms with van der Waals surface area (Å²) in [7, 11) is 0. The third-order valence-electron chi connectivity index (χ3n) is 0.953. The topological polar surface area (TPSA) is 89.8 Å². The lowest BCUT2D eigenvalue weighted by Gasteiger charge is -2.00. The third kappa shape index (κ3) is 1.09. The van der Waals surface area contributed by atoms with Crippen molar-refractivity contribution in [2.45, 2.75) is 0 Å². The fraction of sp³-hybridized carbons (Fsp3) is 0. The van der Waals surface area contributed by atoms with E-state index < -0.39 is 0 Å². The first-order valence-corrected chi connectivity index (χ1v) is 2.86. The van der Waals surface area contributed by atoms with Gasteiger partial charge in [0.2, 0.25) is 0 Å². The Kier molecular flexibility index (Phi) is 1.88. The number of aromatic nitrogens is 2. The van der Waals surface area contributed by atoms with Crippen LogP contribution in [0.2, 0.25) is 5.02 Å². The molecule has 0 spiro atoms. The van der Waals surface area contributed by atoms with Crippen LogP contribution in [0, 0.1) is 0 Å². The van der Waals surface area contributed by atoms with Gasteiger partial charge in [0.1, 0.15) is 5.02 Å². The summed E-state index contributed by atoms with van der Waals surface area (Å²) in [4.78, 5) is 0. The van der Waals surface area contributed by atoms with Crippen LogP contribution in [0.4, 0.5) is 11.5 Å². The molecule has 0 aliphatic heterocycles. The molecule has 0 unspecified atom stereocenters. The first-order valence-electron chi connectivity index (χ1n) is 2.49. The normalized spacial score (nSPS) is 9.40. The number of nitrogens with two attached hydrogens (primary N) is 2. The van der Waals surface area contributed by atoms with Crippen molar-refractivity contribution in [2.75, 3.05) is 11.2 Å². The van der Waals surface area contributed by atoms with E-state index in [0.29, 0.717) is 5.69 Å². The van der Waals surface area contributed by atoms with Gasteiger partial charge in [-0.05, 0) is 0 Å². The second kappa shape index (κ2) is 2.68. The maximum Gasteiger partial charge on any atom is 0.183 e. The number of nitrogens with zero attached hydrogens (tertiary/aromatic N) is 2. The van der Waals surface area contributed by atoms with Crippen LogP contribution in [0.3, 0.4) is 0 Å². The summed E-state index contributed by atoms with van der Waals surface area (Å²) in [6, 6.07) is 0. The van der Waals surface area contributed by atoms with E-state index in [0.717, 1.165) is 0 Å². The number of anilines is 2. The molecule has 0 aliphatic rings. The quantitative estimate of drug-likeness (QED) is 0.396. The van der Waals surface area contributed by atoms with Crippen LogP contribution in [-0.2, 0) is 0 Å². The second-order valence-electron chi connectivity index (χ2n) is 1.61. The van der Waals surface area contributed by atoms with Crippen LogP contribution in [0.25, 0.3) is 0 Å². The molecular weight excluding hydrogens is 154 g/mol. The van der Waals surface area contributed by atoms with Gasteiger partial charge >= 0.3 is 0 Å². The van der Waals surface area contributed by atoms with Gasteiger partial charge < -0.3 is 11.2 Å². The van der Waals surface area contributed by atoms with E-state index in [1.54, 1.807) is 0 Å². The van der Waals surface area contributed by atoms with Gasteiger partial charge in [0.25, 0.3) is 0 Å². The van der Waals surface area contributed by atoms with Gasteiger partial charge in [-0.25, -0.2) is 5.84 Å². The Bertz CT molecular complexity index is 237. The Morgan fingerprint density at radius 3 is 2.80 bits per heavy atom. The lowest BCUT2D eigenvalue weighted by molar-refractivity contribution is 1.02. The molecule has 0 saturated carbocycles. The molecule has 0 aliphatic carbocycles. The van der Waals surface area contributed by atoms with E-state index in [4.69, 9.17) is 23.2 Å². The van der Waals surface area contributed by atoms with Crippen molar-refractivity contribution in [3.05, 3.63) is 11.2 Å². The minimum absolute atomic E-state index is 0.279. The smallest absolute Gasteiger partial charge is 0.183 e. The van der Waals surface area contributed by atoms with E-state index in [2.05, 4.69) is 15.6 Å². The molecule has 0 fully saturated rings. The van der Waals surface area contributed by atoms with E-state index in [1.165, 1.54) is 6.20 Å². The highest BCUT2D eigenvalue weighted by molar-refractivity contribution is 6.35. The fourth-order valence-electron chi connectivity index (χ4n) is 0.478. The second-order valence-corrected chi connectivity index (χ2v) is 1.98. The van der Waals surface area contributed by atoms with Gasteiger partial charge in [-0.1, -0.05) is 11.6 Å². The molecule has 1 rings (SSSR count). The molecule has 0 bridgehead atoms. The molecule has 10 heavy (non-hydrogen) atoms. The van der Waals surface area contributed by atoms with E-state index in [1.807, 2.05) is 0 Å². The summed E-state index contributed by atoms with van der Waals surface area (Å²) >= 11 is 5.62. The standard InChI is InChI=1S/C4H6ClN5/c5-3-2(6)1-8-10-4(3)9-7/h1H,7H2,(H3,6,9,10). The van der Waals surface area contributed by atoms with E-state index in [-0.39, 0.29) is 10.8 Å². The van der Waals surface area contributed by atoms with Crippen LogP contribution in [0.1, 0.15) is 0 Å². The van der Waals surface area contributed by atoms with Crippen molar-refractivity contribution in [1.82, 2.24) is 10.2 Å². The van der Waals surface area contributed by atoms with Gasteiger partial charge in [0, 0.05) is 0 Å². The highest BCUT2D eigenvalue weighted by Crippen LogP contribution is 2.22. The van der Waals surface area contributed by atoms with Crippen molar-refractivity contribution in [1.29, 1.82) is 0 Å². The number of rotatable bonds is 1. The van der Waals surface area contributed by atoms with Gasteiger partial charge in [0.05, 0.1) is 11.9 Å². The molecule has 0 radical (unpaired) electrons. The summed E-state index contributed by atoms with van der Waals surface area (Å²) in [5.74, 6) is 5.31. The Labute approximate surface area is 62.3 Å². The molecule has 5 nitrogen and oxygen atoms in total. The maximum atomic E-state index is 5.62. The molecule has 0 aromatic carbocycles. The minimum atomic E-state index is 0.279. The zero-order valence-corrected chi connectivity index (χ0v) is 5.76. The molecule has 5 N–H and O–H groups in total. The number of halogens is 1. The van der Waals surface area contributed by atoms with Crippen molar-refractivity contribution in [3.63, 3.8) is 0 Å². The SMILES string of the molecule is NNc1nncc(N)c1Cl. The monoisotopic (exact) mass is 159 g/mol. The molecule has 0 saturated heterocycles. The third-order valence-corrected chi connectivity index (χ3v) is 1.35. The van der Waals surface area contributed by atoms with Crippen LogP contribution < -0.4 is 17.0 Å². The Morgan fingerprint density at radius 1 is 1.60 bits per heavy atom. The molecule has 1 heterocycles. The van der Waals surface area contributed by atoms with Crippen LogP contribution in [0.15, 0.2) is 6.20 Å². The highest BCUT2D eigenvalue weighted by atomic mass is 35.5. The summed E-state index contributed by atoms with van der Waals surface area (Å²) in [5.41, 5.74) is 7.97. The fourth-order valence-corrected chi connectivity index (χ4v) is 0.619. The minimum Gasteiger partial charge on any atom is -0.396 e. The predicted octanol–water partition coefficient (Wildman–Crippen LogP) is -0.00220. The molecule has 6 heteroatoms. The van der Waals surface area contributed by atoms with Crippen LogP contribution >= 0.6 is 11.6 Å².